The van der Waals surface area contributed by atoms with Gasteiger partial charge in [0.15, 0.2) is 11.5 Å². The van der Waals surface area contributed by atoms with Gasteiger partial charge in [-0.2, -0.15) is 13.2 Å². The summed E-state index contributed by atoms with van der Waals surface area (Å²) in [5.74, 6) is 1.03. The quantitative estimate of drug-likeness (QED) is 0.318. The van der Waals surface area contributed by atoms with Gasteiger partial charge in [-0.1, -0.05) is 13.3 Å². The Balaban J connectivity index is 0.000000249. The Bertz CT molecular complexity index is 1060. The average Bonchev–Trinajstić information content (AvgIpc) is 2.85. The highest BCUT2D eigenvalue weighted by molar-refractivity contribution is 5.04. The first-order chi connectivity index (χ1) is 17.4. The summed E-state index contributed by atoms with van der Waals surface area (Å²) in [6.07, 6.45) is 9.14. The van der Waals surface area contributed by atoms with E-state index in [1.807, 2.05) is 45.6 Å². The number of aryl methyl sites for hydroxylation is 6. The lowest BCUT2D eigenvalue weighted by Gasteiger charge is -2.03. The van der Waals surface area contributed by atoms with Crippen LogP contribution in [-0.2, 0) is 12.6 Å². The van der Waals surface area contributed by atoms with Gasteiger partial charge in [0.1, 0.15) is 11.6 Å². The average molecular weight is 519 g/mol. The fourth-order valence-corrected chi connectivity index (χ4v) is 2.18. The van der Waals surface area contributed by atoms with Gasteiger partial charge in [-0.25, -0.2) is 29.3 Å². The normalized spacial score (nSPS) is 10.1. The van der Waals surface area contributed by atoms with Crippen LogP contribution in [0.1, 0.15) is 53.3 Å². The van der Waals surface area contributed by atoms with Gasteiger partial charge in [0.25, 0.3) is 0 Å². The molecule has 0 radical (unpaired) electrons. The molecule has 0 unspecified atom stereocenters. The van der Waals surface area contributed by atoms with E-state index in [1.54, 1.807) is 13.8 Å². The maximum atomic E-state index is 12.0. The van der Waals surface area contributed by atoms with E-state index in [0.717, 1.165) is 60.4 Å². The second-order valence-electron chi connectivity index (χ2n) is 7.70. The van der Waals surface area contributed by atoms with Gasteiger partial charge in [0.2, 0.25) is 0 Å². The summed E-state index contributed by atoms with van der Waals surface area (Å²) >= 11 is 0. The Morgan fingerprint density at radius 3 is 1.43 bits per heavy atom. The SMILES string of the molecule is CCCc1cnc(C)cn1.Cc1cnc(C(F)(F)F)cn1.Cc1cnc(C)nc1.Cc1ncc(F)cn1. The summed E-state index contributed by atoms with van der Waals surface area (Å²) in [4.78, 5) is 30.1. The number of nitrogens with zero attached hydrogens (tertiary/aromatic N) is 8. The fourth-order valence-electron chi connectivity index (χ4n) is 2.18. The maximum Gasteiger partial charge on any atom is 0.434 e. The van der Waals surface area contributed by atoms with Crippen LogP contribution in [0.25, 0.3) is 0 Å². The molecule has 0 aliphatic carbocycles. The Kier molecular flexibility index (Phi) is 13.4. The Labute approximate surface area is 213 Å². The van der Waals surface area contributed by atoms with Crippen LogP contribution in [0.3, 0.4) is 0 Å². The predicted molar refractivity (Wildman–Crippen MR) is 131 cm³/mol. The molecule has 4 aromatic heterocycles. The van der Waals surface area contributed by atoms with Gasteiger partial charge in [-0.3, -0.25) is 15.0 Å². The van der Waals surface area contributed by atoms with E-state index in [2.05, 4.69) is 46.8 Å². The standard InChI is InChI=1S/C8H12N2.C6H5F3N2.C6H8N2.C5H5FN2/c1-3-4-8-6-9-7(2)5-10-8;1-4-2-11-5(3-10-4)6(7,8)9;1-5-3-7-6(2)8-4-5;1-4-7-2-5(6)3-8-4/h5-6H,3-4H2,1-2H3;2-3H,1H3;3-4H,1-2H3;2-3H,1H3. The van der Waals surface area contributed by atoms with E-state index in [1.165, 1.54) is 0 Å². The Hall–Kier alpha value is -3.96. The summed E-state index contributed by atoms with van der Waals surface area (Å²) < 4.78 is 47.4. The molecule has 198 valence electrons. The first-order valence-corrected chi connectivity index (χ1v) is 11.2. The van der Waals surface area contributed by atoms with Crippen LogP contribution in [0.5, 0.6) is 0 Å². The molecular weight excluding hydrogens is 488 g/mol. The fraction of sp³-hybridized carbons (Fsp3) is 0.360. The van der Waals surface area contributed by atoms with Crippen LogP contribution in [0, 0.1) is 40.4 Å². The molecule has 0 N–H and O–H groups in total. The molecule has 0 fully saturated rings. The maximum absolute atomic E-state index is 12.0. The Morgan fingerprint density at radius 2 is 1.08 bits per heavy atom. The van der Waals surface area contributed by atoms with Gasteiger partial charge in [-0.15, -0.1) is 0 Å². The predicted octanol–water partition coefficient (Wildman–Crippen LogP) is 5.56. The molecule has 37 heavy (non-hydrogen) atoms. The third-order valence-electron chi connectivity index (χ3n) is 4.07. The molecule has 4 heterocycles. The molecule has 8 nitrogen and oxygen atoms in total. The highest BCUT2D eigenvalue weighted by Gasteiger charge is 2.32. The summed E-state index contributed by atoms with van der Waals surface area (Å²) in [7, 11) is 0. The summed E-state index contributed by atoms with van der Waals surface area (Å²) in [6, 6.07) is 0. The highest BCUT2D eigenvalue weighted by Crippen LogP contribution is 2.26. The molecular formula is C25H30F4N8. The summed E-state index contributed by atoms with van der Waals surface area (Å²) in [6.45, 7) is 11.2. The minimum absolute atomic E-state index is 0.393. The van der Waals surface area contributed by atoms with Crippen LogP contribution in [0.2, 0.25) is 0 Å². The first kappa shape index (κ1) is 31.1. The lowest BCUT2D eigenvalue weighted by atomic mass is 10.3. The van der Waals surface area contributed by atoms with Crippen molar-refractivity contribution < 1.29 is 17.6 Å². The van der Waals surface area contributed by atoms with E-state index in [0.29, 0.717) is 11.5 Å². The monoisotopic (exact) mass is 518 g/mol. The number of aromatic nitrogens is 8. The highest BCUT2D eigenvalue weighted by atomic mass is 19.4. The van der Waals surface area contributed by atoms with Crippen molar-refractivity contribution in [2.24, 2.45) is 0 Å². The zero-order valence-electron chi connectivity index (χ0n) is 21.6. The zero-order valence-corrected chi connectivity index (χ0v) is 21.6. The molecule has 4 rings (SSSR count). The van der Waals surface area contributed by atoms with Crippen LogP contribution in [0.15, 0.2) is 49.6 Å². The van der Waals surface area contributed by atoms with Crippen LogP contribution >= 0.6 is 0 Å². The van der Waals surface area contributed by atoms with Gasteiger partial charge in [0, 0.05) is 31.0 Å². The third kappa shape index (κ3) is 14.3. The van der Waals surface area contributed by atoms with Crippen molar-refractivity contribution in [2.75, 3.05) is 0 Å². The largest absolute Gasteiger partial charge is 0.434 e. The smallest absolute Gasteiger partial charge is 0.258 e. The van der Waals surface area contributed by atoms with Crippen molar-refractivity contribution in [2.45, 2.75) is 60.6 Å². The lowest BCUT2D eigenvalue weighted by Crippen LogP contribution is -2.08. The molecule has 0 saturated heterocycles. The molecule has 4 aromatic rings. The van der Waals surface area contributed by atoms with Crippen LogP contribution in [-0.4, -0.2) is 39.9 Å². The van der Waals surface area contributed by atoms with Crippen molar-refractivity contribution in [3.8, 4) is 0 Å². The van der Waals surface area contributed by atoms with Crippen molar-refractivity contribution in [1.82, 2.24) is 39.9 Å². The van der Waals surface area contributed by atoms with E-state index in [9.17, 15) is 17.6 Å². The van der Waals surface area contributed by atoms with Crippen molar-refractivity contribution in [3.63, 3.8) is 0 Å². The topological polar surface area (TPSA) is 103 Å². The van der Waals surface area contributed by atoms with Gasteiger partial charge in [-0.05, 0) is 46.6 Å². The number of halogens is 4. The second kappa shape index (κ2) is 15.9. The molecule has 0 saturated carbocycles. The molecule has 0 atom stereocenters. The van der Waals surface area contributed by atoms with E-state index >= 15 is 0 Å². The molecule has 0 bridgehead atoms. The van der Waals surface area contributed by atoms with Crippen LogP contribution in [0.4, 0.5) is 17.6 Å². The summed E-state index contributed by atoms with van der Waals surface area (Å²) in [5, 5.41) is 0. The number of rotatable bonds is 2. The van der Waals surface area contributed by atoms with Gasteiger partial charge < -0.3 is 0 Å². The molecule has 0 aromatic carbocycles. The van der Waals surface area contributed by atoms with E-state index in [4.69, 9.17) is 0 Å². The number of alkyl halides is 3. The number of hydrogen-bond acceptors (Lipinski definition) is 8. The van der Waals surface area contributed by atoms with Crippen LogP contribution < -0.4 is 0 Å². The molecule has 0 aliphatic rings. The minimum Gasteiger partial charge on any atom is -0.258 e. The third-order valence-corrected chi connectivity index (χ3v) is 4.07. The van der Waals surface area contributed by atoms with Gasteiger partial charge >= 0.3 is 6.18 Å². The minimum atomic E-state index is -4.39. The second-order valence-corrected chi connectivity index (χ2v) is 7.70. The Morgan fingerprint density at radius 1 is 0.595 bits per heavy atom. The first-order valence-electron chi connectivity index (χ1n) is 11.2. The molecule has 12 heteroatoms. The lowest BCUT2D eigenvalue weighted by molar-refractivity contribution is -0.141. The van der Waals surface area contributed by atoms with Crippen molar-refractivity contribution in [3.05, 3.63) is 95.4 Å². The number of hydrogen-bond donors (Lipinski definition) is 0. The molecule has 0 aliphatic heterocycles. The summed E-state index contributed by atoms with van der Waals surface area (Å²) in [5.41, 5.74) is 2.70. The molecule has 0 amide bonds. The van der Waals surface area contributed by atoms with Crippen molar-refractivity contribution in [1.29, 1.82) is 0 Å². The molecule has 0 spiro atoms. The van der Waals surface area contributed by atoms with Gasteiger partial charge in [0.05, 0.1) is 35.7 Å². The van der Waals surface area contributed by atoms with E-state index < -0.39 is 17.7 Å². The van der Waals surface area contributed by atoms with Crippen molar-refractivity contribution >= 4 is 0 Å². The zero-order chi connectivity index (χ0) is 27.8. The van der Waals surface area contributed by atoms with E-state index in [-0.39, 0.29) is 0 Å².